The smallest absolute Gasteiger partial charge is 0.229 e. The molecule has 2 aromatic rings. The summed E-state index contributed by atoms with van der Waals surface area (Å²) in [6, 6.07) is 13.4. The molecule has 3 N–H and O–H groups in total. The molecule has 0 spiro atoms. The van der Waals surface area contributed by atoms with Crippen LogP contribution in [0.3, 0.4) is 0 Å². The Kier molecular flexibility index (Phi) is 9.42. The average Bonchev–Trinajstić information content (AvgIpc) is 2.48. The van der Waals surface area contributed by atoms with Gasteiger partial charge in [0, 0.05) is 12.7 Å². The Morgan fingerprint density at radius 3 is 2.45 bits per heavy atom. The summed E-state index contributed by atoms with van der Waals surface area (Å²) in [5, 5.41) is 2.91. The Balaban J connectivity index is 0.00000220. The normalized spacial score (nSPS) is 10.8. The Bertz CT molecular complexity index is 579. The van der Waals surface area contributed by atoms with Crippen molar-refractivity contribution in [3.63, 3.8) is 0 Å². The van der Waals surface area contributed by atoms with Crippen LogP contribution in [0.25, 0.3) is 0 Å². The molecule has 0 aliphatic rings. The van der Waals surface area contributed by atoms with E-state index >= 15 is 0 Å². The van der Waals surface area contributed by atoms with E-state index in [1.807, 2.05) is 49.4 Å². The molecule has 0 aliphatic heterocycles. The number of hydrogen-bond acceptors (Lipinski definition) is 3. The highest BCUT2D eigenvalue weighted by atomic mass is 35.5. The third kappa shape index (κ3) is 5.30. The van der Waals surface area contributed by atoms with E-state index in [-0.39, 0.29) is 43.2 Å². The van der Waals surface area contributed by atoms with E-state index in [0.29, 0.717) is 6.54 Å². The highest BCUT2D eigenvalue weighted by Crippen LogP contribution is 2.14. The van der Waals surface area contributed by atoms with Gasteiger partial charge in [-0.3, -0.25) is 9.78 Å². The number of hydrogen-bond donors (Lipinski definition) is 2. The molecule has 0 radical (unpaired) electrons. The Labute approximate surface area is 143 Å². The number of benzene rings is 1. The van der Waals surface area contributed by atoms with E-state index in [4.69, 9.17) is 5.73 Å². The van der Waals surface area contributed by atoms with E-state index in [9.17, 15) is 4.79 Å². The van der Waals surface area contributed by atoms with Crippen LogP contribution >= 0.6 is 24.8 Å². The summed E-state index contributed by atoms with van der Waals surface area (Å²) in [7, 11) is 0. The number of halogens is 2. The van der Waals surface area contributed by atoms with E-state index in [1.54, 1.807) is 6.20 Å². The van der Waals surface area contributed by atoms with Gasteiger partial charge in [-0.2, -0.15) is 0 Å². The molecule has 0 aliphatic carbocycles. The SMILES string of the molecule is Cc1cccnc1CNC(=O)C(CN)c1ccccc1.Cl.Cl. The van der Waals surface area contributed by atoms with Gasteiger partial charge < -0.3 is 11.1 Å². The maximum absolute atomic E-state index is 12.2. The zero-order chi connectivity index (χ0) is 14.4. The van der Waals surface area contributed by atoms with Gasteiger partial charge in [0.2, 0.25) is 5.91 Å². The van der Waals surface area contributed by atoms with Gasteiger partial charge in [-0.25, -0.2) is 0 Å². The van der Waals surface area contributed by atoms with E-state index in [1.165, 1.54) is 0 Å². The summed E-state index contributed by atoms with van der Waals surface area (Å²) >= 11 is 0. The van der Waals surface area contributed by atoms with Gasteiger partial charge in [-0.05, 0) is 24.1 Å². The quantitative estimate of drug-likeness (QED) is 0.878. The molecule has 0 saturated carbocycles. The maximum atomic E-state index is 12.2. The number of nitrogens with one attached hydrogen (secondary N) is 1. The highest BCUT2D eigenvalue weighted by Gasteiger charge is 2.18. The number of amides is 1. The van der Waals surface area contributed by atoms with Crippen molar-refractivity contribution >= 4 is 30.7 Å². The molecule has 6 heteroatoms. The minimum absolute atomic E-state index is 0. The van der Waals surface area contributed by atoms with Crippen LogP contribution in [0.5, 0.6) is 0 Å². The molecule has 22 heavy (non-hydrogen) atoms. The maximum Gasteiger partial charge on any atom is 0.229 e. The van der Waals surface area contributed by atoms with Crippen LogP contribution in [0.15, 0.2) is 48.7 Å². The molecule has 120 valence electrons. The zero-order valence-corrected chi connectivity index (χ0v) is 14.0. The number of carbonyl (C=O) groups excluding carboxylic acids is 1. The first kappa shape index (κ1) is 20.4. The Morgan fingerprint density at radius 2 is 1.86 bits per heavy atom. The molecular weight excluding hydrogens is 321 g/mol. The van der Waals surface area contributed by atoms with Crippen LogP contribution < -0.4 is 11.1 Å². The molecule has 0 fully saturated rings. The second-order valence-corrected chi connectivity index (χ2v) is 4.68. The molecule has 1 atom stereocenters. The van der Waals surface area contributed by atoms with Crippen LogP contribution in [0.2, 0.25) is 0 Å². The number of carbonyl (C=O) groups is 1. The van der Waals surface area contributed by atoms with Crippen molar-refractivity contribution in [3.8, 4) is 0 Å². The van der Waals surface area contributed by atoms with Crippen molar-refractivity contribution in [3.05, 3.63) is 65.5 Å². The standard InChI is InChI=1S/C16H19N3O.2ClH/c1-12-6-5-9-18-15(12)11-19-16(20)14(10-17)13-7-3-2-4-8-13;;/h2-9,14H,10-11,17H2,1H3,(H,19,20);2*1H. The summed E-state index contributed by atoms with van der Waals surface area (Å²) in [5.74, 6) is -0.385. The van der Waals surface area contributed by atoms with Gasteiger partial charge in [0.15, 0.2) is 0 Å². The van der Waals surface area contributed by atoms with Gasteiger partial charge >= 0.3 is 0 Å². The molecule has 1 unspecified atom stereocenters. The summed E-state index contributed by atoms with van der Waals surface area (Å²) in [4.78, 5) is 16.5. The third-order valence-electron chi connectivity index (χ3n) is 3.30. The summed E-state index contributed by atoms with van der Waals surface area (Å²) < 4.78 is 0. The predicted octanol–water partition coefficient (Wildman–Crippen LogP) is 2.59. The Hall–Kier alpha value is -1.62. The molecule has 0 saturated heterocycles. The number of aromatic nitrogens is 1. The topological polar surface area (TPSA) is 68.0 Å². The van der Waals surface area contributed by atoms with Crippen molar-refractivity contribution < 1.29 is 4.79 Å². The minimum Gasteiger partial charge on any atom is -0.350 e. The fourth-order valence-electron chi connectivity index (χ4n) is 2.08. The Morgan fingerprint density at radius 1 is 1.18 bits per heavy atom. The van der Waals surface area contributed by atoms with Crippen molar-refractivity contribution in [2.24, 2.45) is 5.73 Å². The van der Waals surface area contributed by atoms with E-state index in [0.717, 1.165) is 16.8 Å². The highest BCUT2D eigenvalue weighted by molar-refractivity contribution is 5.85. The van der Waals surface area contributed by atoms with Crippen LogP contribution in [-0.2, 0) is 11.3 Å². The lowest BCUT2D eigenvalue weighted by molar-refractivity contribution is -0.122. The minimum atomic E-state index is -0.319. The fraction of sp³-hybridized carbons (Fsp3) is 0.250. The van der Waals surface area contributed by atoms with E-state index < -0.39 is 0 Å². The monoisotopic (exact) mass is 341 g/mol. The van der Waals surface area contributed by atoms with Gasteiger partial charge in [0.1, 0.15) is 0 Å². The van der Waals surface area contributed by atoms with Crippen LogP contribution in [0.1, 0.15) is 22.7 Å². The summed E-state index contributed by atoms with van der Waals surface area (Å²) in [6.07, 6.45) is 1.73. The van der Waals surface area contributed by atoms with Gasteiger partial charge in [0.25, 0.3) is 0 Å². The predicted molar refractivity (Wildman–Crippen MR) is 93.6 cm³/mol. The molecule has 4 nitrogen and oxygen atoms in total. The lowest BCUT2D eigenvalue weighted by Gasteiger charge is -2.15. The second-order valence-electron chi connectivity index (χ2n) is 4.68. The summed E-state index contributed by atoms with van der Waals surface area (Å²) in [5.41, 5.74) is 8.61. The van der Waals surface area contributed by atoms with Crippen molar-refractivity contribution in [2.75, 3.05) is 6.54 Å². The van der Waals surface area contributed by atoms with Crippen LogP contribution in [0.4, 0.5) is 0 Å². The molecule has 1 amide bonds. The molecule has 0 bridgehead atoms. The second kappa shape index (κ2) is 10.2. The number of nitrogens with two attached hydrogens (primary N) is 1. The lowest BCUT2D eigenvalue weighted by atomic mass is 9.98. The number of pyridine rings is 1. The first-order valence-corrected chi connectivity index (χ1v) is 6.65. The molecule has 1 aromatic carbocycles. The largest absolute Gasteiger partial charge is 0.350 e. The number of nitrogens with zero attached hydrogens (tertiary/aromatic N) is 1. The van der Waals surface area contributed by atoms with E-state index in [2.05, 4.69) is 10.3 Å². The zero-order valence-electron chi connectivity index (χ0n) is 12.4. The first-order valence-electron chi connectivity index (χ1n) is 6.65. The third-order valence-corrected chi connectivity index (χ3v) is 3.30. The molecule has 2 rings (SSSR count). The van der Waals surface area contributed by atoms with Crippen LogP contribution in [0, 0.1) is 6.92 Å². The summed E-state index contributed by atoms with van der Waals surface area (Å²) in [6.45, 7) is 2.69. The molecule has 1 heterocycles. The molecular formula is C16H21Cl2N3O. The van der Waals surface area contributed by atoms with Crippen molar-refractivity contribution in [1.29, 1.82) is 0 Å². The van der Waals surface area contributed by atoms with Gasteiger partial charge in [-0.15, -0.1) is 24.8 Å². The van der Waals surface area contributed by atoms with Crippen molar-refractivity contribution in [1.82, 2.24) is 10.3 Å². The van der Waals surface area contributed by atoms with Crippen LogP contribution in [-0.4, -0.2) is 17.4 Å². The van der Waals surface area contributed by atoms with Gasteiger partial charge in [-0.1, -0.05) is 36.4 Å². The average molecular weight is 342 g/mol. The van der Waals surface area contributed by atoms with Gasteiger partial charge in [0.05, 0.1) is 18.2 Å². The number of aryl methyl sites for hydroxylation is 1. The number of rotatable bonds is 5. The fourth-order valence-corrected chi connectivity index (χ4v) is 2.08. The van der Waals surface area contributed by atoms with Crippen molar-refractivity contribution in [2.45, 2.75) is 19.4 Å². The lowest BCUT2D eigenvalue weighted by Crippen LogP contribution is -2.33. The first-order chi connectivity index (χ1) is 9.72. The molecule has 1 aromatic heterocycles.